The van der Waals surface area contributed by atoms with Gasteiger partial charge in [-0.15, -0.1) is 12.4 Å². The van der Waals surface area contributed by atoms with E-state index in [1.54, 1.807) is 18.2 Å². The van der Waals surface area contributed by atoms with Crippen LogP contribution in [0, 0.1) is 0 Å². The van der Waals surface area contributed by atoms with Crippen molar-refractivity contribution in [2.24, 2.45) is 0 Å². The number of nitrogens with zero attached hydrogens (tertiary/aromatic N) is 1. The summed E-state index contributed by atoms with van der Waals surface area (Å²) in [6, 6.07) is 4.73. The Morgan fingerprint density at radius 1 is 1.22 bits per heavy atom. The number of nitrogens with one attached hydrogen (secondary N) is 1. The predicted octanol–water partition coefficient (Wildman–Crippen LogP) is 1.89. The minimum Gasteiger partial charge on any atom is -0.490 e. The van der Waals surface area contributed by atoms with Crippen molar-refractivity contribution in [3.05, 3.63) is 18.2 Å². The van der Waals surface area contributed by atoms with Crippen LogP contribution in [-0.2, 0) is 10.0 Å². The lowest BCUT2D eigenvalue weighted by Crippen LogP contribution is -2.52. The minimum absolute atomic E-state index is 0. The van der Waals surface area contributed by atoms with Gasteiger partial charge in [0, 0.05) is 31.7 Å². The van der Waals surface area contributed by atoms with Crippen molar-refractivity contribution in [1.82, 2.24) is 9.62 Å². The van der Waals surface area contributed by atoms with E-state index in [0.717, 1.165) is 0 Å². The molecule has 0 aromatic heterocycles. The number of sulfonamides is 1. The van der Waals surface area contributed by atoms with Crippen LogP contribution in [0.1, 0.15) is 20.8 Å². The normalized spacial score (nSPS) is 19.0. The summed E-state index contributed by atoms with van der Waals surface area (Å²) in [7, 11) is -3.53. The van der Waals surface area contributed by atoms with Crippen LogP contribution in [0.5, 0.6) is 11.5 Å². The molecule has 0 bridgehead atoms. The van der Waals surface area contributed by atoms with Gasteiger partial charge in [-0.25, -0.2) is 8.42 Å². The third-order valence-corrected chi connectivity index (χ3v) is 5.57. The first-order valence-corrected chi connectivity index (χ1v) is 9.07. The van der Waals surface area contributed by atoms with E-state index >= 15 is 0 Å². The van der Waals surface area contributed by atoms with Crippen LogP contribution >= 0.6 is 12.4 Å². The molecule has 0 aliphatic carbocycles. The average molecular weight is 365 g/mol. The zero-order valence-electron chi connectivity index (χ0n) is 13.7. The first kappa shape index (κ1) is 20.0. The second kappa shape index (κ2) is 8.73. The molecule has 132 valence electrons. The van der Waals surface area contributed by atoms with E-state index in [9.17, 15) is 8.42 Å². The number of hydrogen-bond acceptors (Lipinski definition) is 5. The third-order valence-electron chi connectivity index (χ3n) is 3.56. The molecule has 1 fully saturated rings. The smallest absolute Gasteiger partial charge is 0.243 e. The van der Waals surface area contributed by atoms with Crippen LogP contribution in [0.4, 0.5) is 0 Å². The molecule has 0 saturated carbocycles. The van der Waals surface area contributed by atoms with Crippen molar-refractivity contribution in [2.75, 3.05) is 32.8 Å². The van der Waals surface area contributed by atoms with E-state index in [-0.39, 0.29) is 23.3 Å². The number of halogens is 1. The molecule has 6 nitrogen and oxygen atoms in total. The zero-order chi connectivity index (χ0) is 16.2. The molecule has 1 saturated heterocycles. The highest BCUT2D eigenvalue weighted by molar-refractivity contribution is 7.89. The van der Waals surface area contributed by atoms with Gasteiger partial charge in [0.05, 0.1) is 18.1 Å². The number of benzene rings is 1. The molecular weight excluding hydrogens is 340 g/mol. The Bertz CT molecular complexity index is 609. The molecule has 23 heavy (non-hydrogen) atoms. The molecule has 1 aromatic carbocycles. The molecular formula is C15H25ClN2O4S. The van der Waals surface area contributed by atoms with Crippen molar-refractivity contribution in [1.29, 1.82) is 0 Å². The number of hydrogen-bond donors (Lipinski definition) is 1. The minimum atomic E-state index is -3.53. The summed E-state index contributed by atoms with van der Waals surface area (Å²) in [6.45, 7) is 8.39. The van der Waals surface area contributed by atoms with Gasteiger partial charge in [-0.3, -0.25) is 0 Å². The number of ether oxygens (including phenoxy) is 2. The first-order valence-electron chi connectivity index (χ1n) is 7.63. The monoisotopic (exact) mass is 364 g/mol. The lowest BCUT2D eigenvalue weighted by Gasteiger charge is -2.32. The van der Waals surface area contributed by atoms with E-state index in [1.165, 1.54) is 4.31 Å². The van der Waals surface area contributed by atoms with Crippen molar-refractivity contribution >= 4 is 22.4 Å². The first-order chi connectivity index (χ1) is 10.5. The Balaban J connectivity index is 0.00000264. The van der Waals surface area contributed by atoms with Crippen LogP contribution in [0.2, 0.25) is 0 Å². The van der Waals surface area contributed by atoms with Crippen LogP contribution < -0.4 is 14.8 Å². The molecule has 0 radical (unpaired) electrons. The molecule has 1 heterocycles. The molecule has 1 aliphatic heterocycles. The standard InChI is InChI=1S/C15H24N2O4S.ClH/c1-4-20-14-7-6-13(10-15(14)21-5-2)22(18,19)17-9-8-16-11-12(17)3;/h6-7,10,12,16H,4-5,8-9,11H2,1-3H3;1H. The highest BCUT2D eigenvalue weighted by Gasteiger charge is 2.31. The quantitative estimate of drug-likeness (QED) is 0.834. The van der Waals surface area contributed by atoms with E-state index in [1.807, 2.05) is 20.8 Å². The van der Waals surface area contributed by atoms with Gasteiger partial charge in [0.15, 0.2) is 11.5 Å². The van der Waals surface area contributed by atoms with Crippen molar-refractivity contribution in [2.45, 2.75) is 31.7 Å². The molecule has 0 spiro atoms. The van der Waals surface area contributed by atoms with E-state index in [2.05, 4.69) is 5.32 Å². The van der Waals surface area contributed by atoms with Crippen molar-refractivity contribution in [3.63, 3.8) is 0 Å². The molecule has 1 atom stereocenters. The highest BCUT2D eigenvalue weighted by Crippen LogP contribution is 2.32. The fraction of sp³-hybridized carbons (Fsp3) is 0.600. The molecule has 8 heteroatoms. The Morgan fingerprint density at radius 3 is 2.48 bits per heavy atom. The lowest BCUT2D eigenvalue weighted by atomic mass is 10.3. The maximum absolute atomic E-state index is 12.8. The Hall–Kier alpha value is -1.02. The summed E-state index contributed by atoms with van der Waals surface area (Å²) in [5, 5.41) is 3.19. The van der Waals surface area contributed by atoms with Crippen LogP contribution in [0.15, 0.2) is 23.1 Å². The molecule has 1 unspecified atom stereocenters. The van der Waals surface area contributed by atoms with Crippen molar-refractivity contribution in [3.8, 4) is 11.5 Å². The zero-order valence-corrected chi connectivity index (χ0v) is 15.4. The van der Waals surface area contributed by atoms with E-state index in [0.29, 0.717) is 44.3 Å². The Labute approximate surface area is 144 Å². The van der Waals surface area contributed by atoms with E-state index in [4.69, 9.17) is 9.47 Å². The summed E-state index contributed by atoms with van der Waals surface area (Å²) in [4.78, 5) is 0.244. The summed E-state index contributed by atoms with van der Waals surface area (Å²) >= 11 is 0. The van der Waals surface area contributed by atoms with Gasteiger partial charge in [-0.05, 0) is 32.9 Å². The summed E-state index contributed by atoms with van der Waals surface area (Å²) in [6.07, 6.45) is 0. The maximum Gasteiger partial charge on any atom is 0.243 e. The third kappa shape index (κ3) is 4.50. The largest absolute Gasteiger partial charge is 0.490 e. The number of rotatable bonds is 6. The van der Waals surface area contributed by atoms with Gasteiger partial charge in [-0.2, -0.15) is 4.31 Å². The highest BCUT2D eigenvalue weighted by atomic mass is 35.5. The number of piperazine rings is 1. The summed E-state index contributed by atoms with van der Waals surface area (Å²) in [5.74, 6) is 1.03. The fourth-order valence-electron chi connectivity index (χ4n) is 2.51. The van der Waals surface area contributed by atoms with Gasteiger partial charge in [0.25, 0.3) is 0 Å². The summed E-state index contributed by atoms with van der Waals surface area (Å²) in [5.41, 5.74) is 0. The maximum atomic E-state index is 12.8. The average Bonchev–Trinajstić information content (AvgIpc) is 2.49. The van der Waals surface area contributed by atoms with Gasteiger partial charge in [0.1, 0.15) is 0 Å². The van der Waals surface area contributed by atoms with Crippen LogP contribution in [0.25, 0.3) is 0 Å². The Kier molecular flexibility index (Phi) is 7.60. The topological polar surface area (TPSA) is 67.9 Å². The van der Waals surface area contributed by atoms with Gasteiger partial charge < -0.3 is 14.8 Å². The molecule has 1 aliphatic rings. The molecule has 1 N–H and O–H groups in total. The second-order valence-corrected chi connectivity index (χ2v) is 7.03. The second-order valence-electron chi connectivity index (χ2n) is 5.14. The summed E-state index contributed by atoms with van der Waals surface area (Å²) < 4.78 is 38.2. The molecule has 2 rings (SSSR count). The SMILES string of the molecule is CCOc1ccc(S(=O)(=O)N2CCNCC2C)cc1OCC.Cl. The van der Waals surface area contributed by atoms with Crippen molar-refractivity contribution < 1.29 is 17.9 Å². The Morgan fingerprint density at radius 2 is 1.87 bits per heavy atom. The van der Waals surface area contributed by atoms with Gasteiger partial charge in [0.2, 0.25) is 10.0 Å². The van der Waals surface area contributed by atoms with Crippen LogP contribution in [-0.4, -0.2) is 51.6 Å². The molecule has 0 amide bonds. The van der Waals surface area contributed by atoms with Gasteiger partial charge in [-0.1, -0.05) is 0 Å². The molecule has 1 aromatic rings. The van der Waals surface area contributed by atoms with Gasteiger partial charge >= 0.3 is 0 Å². The predicted molar refractivity (Wildman–Crippen MR) is 92.3 cm³/mol. The fourth-order valence-corrected chi connectivity index (χ4v) is 4.15. The lowest BCUT2D eigenvalue weighted by molar-refractivity contribution is 0.281. The van der Waals surface area contributed by atoms with E-state index < -0.39 is 10.0 Å². The van der Waals surface area contributed by atoms with Crippen LogP contribution in [0.3, 0.4) is 0 Å².